The van der Waals surface area contributed by atoms with Gasteiger partial charge in [0.2, 0.25) is 6.41 Å². The second kappa shape index (κ2) is 7.47. The molecule has 1 aliphatic heterocycles. The van der Waals surface area contributed by atoms with Crippen molar-refractivity contribution < 1.29 is 9.53 Å². The minimum absolute atomic E-state index is 0.0376. The predicted molar refractivity (Wildman–Crippen MR) is 108 cm³/mol. The van der Waals surface area contributed by atoms with Gasteiger partial charge in [-0.05, 0) is 60.6 Å². The van der Waals surface area contributed by atoms with Gasteiger partial charge in [-0.25, -0.2) is 0 Å². The molecule has 2 aromatic carbocycles. The maximum Gasteiger partial charge on any atom is 0.210 e. The quantitative estimate of drug-likeness (QED) is 0.660. The zero-order chi connectivity index (χ0) is 18.8. The average Bonchev–Trinajstić information content (AvgIpc) is 3.11. The van der Waals surface area contributed by atoms with Gasteiger partial charge < -0.3 is 14.6 Å². The van der Waals surface area contributed by atoms with Gasteiger partial charge in [-0.15, -0.1) is 0 Å². The van der Waals surface area contributed by atoms with Crippen LogP contribution in [0.15, 0.2) is 42.6 Å². The van der Waals surface area contributed by atoms with E-state index in [0.717, 1.165) is 43.5 Å². The molecule has 4 heteroatoms. The molecule has 0 saturated carbocycles. The molecule has 27 heavy (non-hydrogen) atoms. The first kappa shape index (κ1) is 17.7. The number of ether oxygens (including phenoxy) is 1. The van der Waals surface area contributed by atoms with E-state index in [4.69, 9.17) is 4.74 Å². The summed E-state index contributed by atoms with van der Waals surface area (Å²) in [7, 11) is 0. The average molecular weight is 362 g/mol. The van der Waals surface area contributed by atoms with Gasteiger partial charge in [0.25, 0.3) is 0 Å². The molecule has 0 aliphatic carbocycles. The van der Waals surface area contributed by atoms with E-state index in [0.29, 0.717) is 6.61 Å². The summed E-state index contributed by atoms with van der Waals surface area (Å²) in [5.74, 6) is 0.954. The molecule has 1 aliphatic rings. The number of fused-ring (bicyclic) bond motifs is 2. The van der Waals surface area contributed by atoms with Crippen LogP contribution in [0.2, 0.25) is 0 Å². The van der Waals surface area contributed by atoms with E-state index in [1.54, 1.807) is 0 Å². The van der Waals surface area contributed by atoms with Gasteiger partial charge in [0, 0.05) is 23.6 Å². The van der Waals surface area contributed by atoms with Gasteiger partial charge in [0.05, 0.1) is 12.6 Å². The fraction of sp³-hybridized carbons (Fsp3) is 0.348. The Morgan fingerprint density at radius 1 is 1.22 bits per heavy atom. The van der Waals surface area contributed by atoms with Crippen LogP contribution < -0.4 is 4.74 Å². The molecule has 0 bridgehead atoms. The number of aromatic amines is 1. The second-order valence-electron chi connectivity index (χ2n) is 7.12. The molecule has 140 valence electrons. The summed E-state index contributed by atoms with van der Waals surface area (Å²) in [6.07, 6.45) is 5.72. The molecule has 1 atom stereocenters. The Bertz CT molecular complexity index is 960. The van der Waals surface area contributed by atoms with Gasteiger partial charge in [0.15, 0.2) is 0 Å². The van der Waals surface area contributed by atoms with E-state index < -0.39 is 0 Å². The number of hydrogen-bond acceptors (Lipinski definition) is 2. The molecule has 2 heterocycles. The summed E-state index contributed by atoms with van der Waals surface area (Å²) in [6, 6.07) is 12.8. The van der Waals surface area contributed by atoms with Crippen LogP contribution >= 0.6 is 0 Å². The van der Waals surface area contributed by atoms with Gasteiger partial charge in [-0.2, -0.15) is 0 Å². The number of H-pyrrole nitrogens is 1. The molecule has 0 fully saturated rings. The van der Waals surface area contributed by atoms with Gasteiger partial charge in [0.1, 0.15) is 5.75 Å². The van der Waals surface area contributed by atoms with E-state index in [-0.39, 0.29) is 6.04 Å². The minimum atomic E-state index is 0.0376. The fourth-order valence-electron chi connectivity index (χ4n) is 4.23. The van der Waals surface area contributed by atoms with Crippen molar-refractivity contribution >= 4 is 17.3 Å². The van der Waals surface area contributed by atoms with Crippen molar-refractivity contribution in [3.8, 4) is 5.75 Å². The standard InChI is InChI=1S/C23H26N2O2/c1-3-16-11-17-9-10-25(15-26)22(20(17)13-23(16)27-4-2)12-18-14-24-21-8-6-5-7-19(18)21/h5-8,11,13-15,22,24H,3-4,9-10,12H2,1-2H3. The first-order valence-electron chi connectivity index (χ1n) is 9.79. The Labute approximate surface area is 160 Å². The van der Waals surface area contributed by atoms with Gasteiger partial charge >= 0.3 is 0 Å². The topological polar surface area (TPSA) is 45.3 Å². The number of aromatic nitrogens is 1. The molecule has 0 spiro atoms. The summed E-state index contributed by atoms with van der Waals surface area (Å²) in [4.78, 5) is 17.1. The Morgan fingerprint density at radius 3 is 2.85 bits per heavy atom. The number of nitrogens with zero attached hydrogens (tertiary/aromatic N) is 1. The van der Waals surface area contributed by atoms with Crippen molar-refractivity contribution in [3.05, 3.63) is 64.8 Å². The van der Waals surface area contributed by atoms with Crippen molar-refractivity contribution in [2.24, 2.45) is 0 Å². The molecule has 1 unspecified atom stereocenters. The molecule has 1 aromatic heterocycles. The van der Waals surface area contributed by atoms with E-state index >= 15 is 0 Å². The number of carbonyl (C=O) groups excluding carboxylic acids is 1. The highest BCUT2D eigenvalue weighted by Gasteiger charge is 2.28. The molecule has 3 aromatic rings. The second-order valence-corrected chi connectivity index (χ2v) is 7.12. The Balaban J connectivity index is 1.77. The van der Waals surface area contributed by atoms with Gasteiger partial charge in [-0.1, -0.05) is 31.2 Å². The van der Waals surface area contributed by atoms with Crippen LogP contribution in [0.1, 0.15) is 42.1 Å². The third-order valence-electron chi connectivity index (χ3n) is 5.63. The van der Waals surface area contributed by atoms with Crippen LogP contribution in [0.25, 0.3) is 10.9 Å². The number of benzene rings is 2. The molecule has 4 nitrogen and oxygen atoms in total. The SMILES string of the molecule is CCOc1cc2c(cc1CC)CCN(C=O)C2Cc1c[nH]c2ccccc12. The monoisotopic (exact) mass is 362 g/mol. The maximum atomic E-state index is 11.8. The van der Waals surface area contributed by atoms with E-state index in [1.807, 2.05) is 17.9 Å². The lowest BCUT2D eigenvalue weighted by molar-refractivity contribution is -0.120. The van der Waals surface area contributed by atoms with Crippen LogP contribution in [-0.4, -0.2) is 29.4 Å². The van der Waals surface area contributed by atoms with Gasteiger partial charge in [-0.3, -0.25) is 4.79 Å². The Hall–Kier alpha value is -2.75. The molecule has 1 N–H and O–H groups in total. The molecule has 0 radical (unpaired) electrons. The maximum absolute atomic E-state index is 11.8. The highest BCUT2D eigenvalue weighted by molar-refractivity contribution is 5.83. The zero-order valence-corrected chi connectivity index (χ0v) is 16.0. The fourth-order valence-corrected chi connectivity index (χ4v) is 4.23. The third kappa shape index (κ3) is 3.20. The summed E-state index contributed by atoms with van der Waals surface area (Å²) >= 11 is 0. The number of amides is 1. The normalized spacial score (nSPS) is 16.4. The molecule has 4 rings (SSSR count). The highest BCUT2D eigenvalue weighted by Crippen LogP contribution is 2.37. The summed E-state index contributed by atoms with van der Waals surface area (Å²) in [5, 5.41) is 1.23. The number of carbonyl (C=O) groups is 1. The van der Waals surface area contributed by atoms with Crippen LogP contribution in [-0.2, 0) is 24.1 Å². The van der Waals surface area contributed by atoms with E-state index in [1.165, 1.54) is 27.6 Å². The third-order valence-corrected chi connectivity index (χ3v) is 5.63. The smallest absolute Gasteiger partial charge is 0.210 e. The Kier molecular flexibility index (Phi) is 4.88. The highest BCUT2D eigenvalue weighted by atomic mass is 16.5. The van der Waals surface area contributed by atoms with Crippen LogP contribution in [0, 0.1) is 0 Å². The molecule has 0 saturated heterocycles. The summed E-state index contributed by atoms with van der Waals surface area (Å²) < 4.78 is 5.90. The minimum Gasteiger partial charge on any atom is -0.494 e. The number of hydrogen-bond donors (Lipinski definition) is 1. The van der Waals surface area contributed by atoms with E-state index in [9.17, 15) is 4.79 Å². The number of nitrogens with one attached hydrogen (secondary N) is 1. The lowest BCUT2D eigenvalue weighted by atomic mass is 9.87. The molecular weight excluding hydrogens is 336 g/mol. The Morgan fingerprint density at radius 2 is 2.07 bits per heavy atom. The van der Waals surface area contributed by atoms with Crippen LogP contribution in [0.5, 0.6) is 5.75 Å². The van der Waals surface area contributed by atoms with Crippen molar-refractivity contribution in [1.82, 2.24) is 9.88 Å². The van der Waals surface area contributed by atoms with Crippen molar-refractivity contribution in [1.29, 1.82) is 0 Å². The zero-order valence-electron chi connectivity index (χ0n) is 16.0. The number of rotatable bonds is 6. The van der Waals surface area contributed by atoms with Crippen molar-refractivity contribution in [3.63, 3.8) is 0 Å². The first-order valence-corrected chi connectivity index (χ1v) is 9.79. The van der Waals surface area contributed by atoms with Crippen molar-refractivity contribution in [2.75, 3.05) is 13.2 Å². The summed E-state index contributed by atoms with van der Waals surface area (Å²) in [6.45, 7) is 5.59. The van der Waals surface area contributed by atoms with Crippen LogP contribution in [0.3, 0.4) is 0 Å². The van der Waals surface area contributed by atoms with Crippen molar-refractivity contribution in [2.45, 2.75) is 39.2 Å². The first-order chi connectivity index (χ1) is 13.2. The number of para-hydroxylation sites is 1. The molecule has 1 amide bonds. The largest absolute Gasteiger partial charge is 0.494 e. The predicted octanol–water partition coefficient (Wildman–Crippen LogP) is 4.43. The summed E-state index contributed by atoms with van der Waals surface area (Å²) in [5.41, 5.74) is 6.20. The lowest BCUT2D eigenvalue weighted by Crippen LogP contribution is -2.35. The lowest BCUT2D eigenvalue weighted by Gasteiger charge is -2.35. The van der Waals surface area contributed by atoms with E-state index in [2.05, 4.69) is 48.4 Å². The van der Waals surface area contributed by atoms with Crippen LogP contribution in [0.4, 0.5) is 0 Å². The number of aryl methyl sites for hydroxylation is 1. The molecular formula is C23H26N2O2.